The molecule has 0 atom stereocenters. The van der Waals surface area contributed by atoms with Gasteiger partial charge in [0.2, 0.25) is 0 Å². The minimum absolute atomic E-state index is 0.546. The van der Waals surface area contributed by atoms with Crippen molar-refractivity contribution < 1.29 is 0 Å². The number of thiophene rings is 1. The maximum Gasteiger partial charge on any atom is 0.124 e. The van der Waals surface area contributed by atoms with E-state index < -0.39 is 0 Å². The van der Waals surface area contributed by atoms with Crippen LogP contribution < -0.4 is 5.32 Å². The molecule has 0 unspecified atom stereocenters. The zero-order chi connectivity index (χ0) is 13.4. The van der Waals surface area contributed by atoms with Gasteiger partial charge in [0.05, 0.1) is 21.8 Å². The number of nitrogens with zero attached hydrogens (tertiary/aromatic N) is 2. The van der Waals surface area contributed by atoms with Crippen molar-refractivity contribution in [1.82, 2.24) is 14.1 Å². The van der Waals surface area contributed by atoms with Gasteiger partial charge in [0.1, 0.15) is 11.0 Å². The lowest BCUT2D eigenvalue weighted by Gasteiger charge is -2.03. The molecule has 2 heterocycles. The summed E-state index contributed by atoms with van der Waals surface area (Å²) in [7, 11) is 1.93. The van der Waals surface area contributed by atoms with Gasteiger partial charge < -0.3 is 5.32 Å². The Morgan fingerprint density at radius 1 is 1.16 bits per heavy atom. The molecular weight excluding hydrogens is 321 g/mol. The van der Waals surface area contributed by atoms with Gasteiger partial charge in [0.25, 0.3) is 0 Å². The summed E-state index contributed by atoms with van der Waals surface area (Å²) in [5, 5.41) is 4.29. The molecule has 98 valence electrons. The van der Waals surface area contributed by atoms with Gasteiger partial charge in [-0.25, -0.2) is 0 Å². The standard InChI is InChI=1S/C12H9Cl2N3S2/c1-15-5-6-2-3-9(18-6)10-7(13)4-8(14)11-12(10)17-19-16-11/h2-4,15H,5H2,1H3. The van der Waals surface area contributed by atoms with Crippen LogP contribution in [0, 0.1) is 0 Å². The molecule has 3 aromatic rings. The number of halogens is 2. The first-order valence-corrected chi connectivity index (χ1v) is 7.85. The molecule has 0 fully saturated rings. The third-order valence-electron chi connectivity index (χ3n) is 2.70. The topological polar surface area (TPSA) is 37.8 Å². The van der Waals surface area contributed by atoms with Gasteiger partial charge in [-0.15, -0.1) is 11.3 Å². The summed E-state index contributed by atoms with van der Waals surface area (Å²) in [5.74, 6) is 0. The van der Waals surface area contributed by atoms with Crippen molar-refractivity contribution in [2.75, 3.05) is 7.05 Å². The molecule has 0 aliphatic heterocycles. The van der Waals surface area contributed by atoms with Crippen LogP contribution in [0.5, 0.6) is 0 Å². The summed E-state index contributed by atoms with van der Waals surface area (Å²) in [6.07, 6.45) is 0. The van der Waals surface area contributed by atoms with Gasteiger partial charge in [0, 0.05) is 21.9 Å². The average molecular weight is 330 g/mol. The number of hydrogen-bond acceptors (Lipinski definition) is 5. The fraction of sp³-hybridized carbons (Fsp3) is 0.167. The van der Waals surface area contributed by atoms with E-state index in [1.807, 2.05) is 7.05 Å². The van der Waals surface area contributed by atoms with Gasteiger partial charge >= 0.3 is 0 Å². The first kappa shape index (κ1) is 13.3. The van der Waals surface area contributed by atoms with Crippen LogP contribution in [0.2, 0.25) is 10.0 Å². The molecule has 7 heteroatoms. The molecule has 0 aliphatic rings. The second kappa shape index (κ2) is 5.34. The fourth-order valence-corrected chi connectivity index (χ4v) is 4.24. The molecule has 0 saturated carbocycles. The van der Waals surface area contributed by atoms with Crippen LogP contribution in [-0.4, -0.2) is 15.8 Å². The second-order valence-electron chi connectivity index (χ2n) is 3.97. The Bertz CT molecular complexity index is 736. The van der Waals surface area contributed by atoms with E-state index in [1.165, 1.54) is 4.88 Å². The minimum atomic E-state index is 0.546. The van der Waals surface area contributed by atoms with Crippen LogP contribution in [0.25, 0.3) is 21.5 Å². The highest BCUT2D eigenvalue weighted by atomic mass is 35.5. The molecule has 3 nitrogen and oxygen atoms in total. The average Bonchev–Trinajstić information content (AvgIpc) is 2.99. The molecule has 2 aromatic heterocycles. The lowest BCUT2D eigenvalue weighted by atomic mass is 10.1. The molecule has 0 saturated heterocycles. The second-order valence-corrected chi connectivity index (χ2v) is 6.48. The maximum atomic E-state index is 6.33. The van der Waals surface area contributed by atoms with Crippen LogP contribution >= 0.6 is 46.3 Å². The Morgan fingerprint density at radius 3 is 2.74 bits per heavy atom. The van der Waals surface area contributed by atoms with E-state index >= 15 is 0 Å². The number of hydrogen-bond donors (Lipinski definition) is 1. The van der Waals surface area contributed by atoms with E-state index in [0.717, 1.165) is 39.7 Å². The van der Waals surface area contributed by atoms with Crippen molar-refractivity contribution in [3.8, 4) is 10.4 Å². The van der Waals surface area contributed by atoms with E-state index in [0.29, 0.717) is 10.0 Å². The Hall–Kier alpha value is -0.720. The molecule has 0 aliphatic carbocycles. The smallest absolute Gasteiger partial charge is 0.124 e. The van der Waals surface area contributed by atoms with Gasteiger partial charge in [-0.3, -0.25) is 0 Å². The quantitative estimate of drug-likeness (QED) is 0.771. The number of fused-ring (bicyclic) bond motifs is 1. The van der Waals surface area contributed by atoms with Crippen LogP contribution in [-0.2, 0) is 6.54 Å². The third kappa shape index (κ3) is 2.37. The molecule has 1 aromatic carbocycles. The van der Waals surface area contributed by atoms with Crippen molar-refractivity contribution in [3.63, 3.8) is 0 Å². The predicted molar refractivity (Wildman–Crippen MR) is 83.5 cm³/mol. The van der Waals surface area contributed by atoms with Crippen molar-refractivity contribution in [2.24, 2.45) is 0 Å². The van der Waals surface area contributed by atoms with Crippen LogP contribution in [0.3, 0.4) is 0 Å². The molecule has 0 amide bonds. The Balaban J connectivity index is 2.20. The molecule has 0 radical (unpaired) electrons. The Labute approximate surface area is 128 Å². The fourth-order valence-electron chi connectivity index (χ4n) is 1.89. The van der Waals surface area contributed by atoms with Crippen molar-refractivity contribution in [2.45, 2.75) is 6.54 Å². The number of nitrogens with one attached hydrogen (secondary N) is 1. The highest BCUT2D eigenvalue weighted by Crippen LogP contribution is 2.40. The highest BCUT2D eigenvalue weighted by molar-refractivity contribution is 7.15. The predicted octanol–water partition coefficient (Wildman–Crippen LogP) is 4.45. The summed E-state index contributed by atoms with van der Waals surface area (Å²) in [6, 6.07) is 5.89. The van der Waals surface area contributed by atoms with E-state index in [9.17, 15) is 0 Å². The molecule has 0 spiro atoms. The van der Waals surface area contributed by atoms with Gasteiger partial charge in [-0.2, -0.15) is 8.75 Å². The first-order valence-electron chi connectivity index (χ1n) is 5.54. The summed E-state index contributed by atoms with van der Waals surface area (Å²) < 4.78 is 8.55. The largest absolute Gasteiger partial charge is 0.315 e. The SMILES string of the molecule is CNCc1ccc(-c2c(Cl)cc(Cl)c3nsnc23)s1. The zero-order valence-corrected chi connectivity index (χ0v) is 13.1. The Kier molecular flexibility index (Phi) is 3.73. The summed E-state index contributed by atoms with van der Waals surface area (Å²) >= 11 is 15.3. The van der Waals surface area contributed by atoms with E-state index in [4.69, 9.17) is 23.2 Å². The number of benzene rings is 1. The maximum absolute atomic E-state index is 6.33. The summed E-state index contributed by atoms with van der Waals surface area (Å²) in [6.45, 7) is 0.842. The number of aromatic nitrogens is 2. The number of rotatable bonds is 3. The molecule has 3 rings (SSSR count). The Morgan fingerprint density at radius 2 is 1.95 bits per heavy atom. The monoisotopic (exact) mass is 329 g/mol. The van der Waals surface area contributed by atoms with E-state index in [2.05, 4.69) is 26.2 Å². The van der Waals surface area contributed by atoms with Crippen molar-refractivity contribution in [1.29, 1.82) is 0 Å². The molecule has 19 heavy (non-hydrogen) atoms. The van der Waals surface area contributed by atoms with Gasteiger partial charge in [-0.05, 0) is 25.2 Å². The lowest BCUT2D eigenvalue weighted by molar-refractivity contribution is 0.831. The normalized spacial score (nSPS) is 11.3. The van der Waals surface area contributed by atoms with Crippen molar-refractivity contribution >= 4 is 57.3 Å². The first-order chi connectivity index (χ1) is 9.20. The van der Waals surface area contributed by atoms with Crippen LogP contribution in [0.15, 0.2) is 18.2 Å². The van der Waals surface area contributed by atoms with Crippen LogP contribution in [0.1, 0.15) is 4.88 Å². The molecule has 0 bridgehead atoms. The summed E-state index contributed by atoms with van der Waals surface area (Å²) in [4.78, 5) is 2.34. The van der Waals surface area contributed by atoms with Crippen LogP contribution in [0.4, 0.5) is 0 Å². The molecule has 1 N–H and O–H groups in total. The van der Waals surface area contributed by atoms with Gasteiger partial charge in [0.15, 0.2) is 0 Å². The third-order valence-corrected chi connectivity index (χ3v) is 4.92. The summed E-state index contributed by atoms with van der Waals surface area (Å²) in [5.41, 5.74) is 2.41. The minimum Gasteiger partial charge on any atom is -0.315 e. The lowest BCUT2D eigenvalue weighted by Crippen LogP contribution is -2.02. The van der Waals surface area contributed by atoms with E-state index in [1.54, 1.807) is 17.4 Å². The van der Waals surface area contributed by atoms with Gasteiger partial charge in [-0.1, -0.05) is 23.2 Å². The highest BCUT2D eigenvalue weighted by Gasteiger charge is 2.16. The molecular formula is C12H9Cl2N3S2. The van der Waals surface area contributed by atoms with E-state index in [-0.39, 0.29) is 0 Å². The van der Waals surface area contributed by atoms with Crippen molar-refractivity contribution in [3.05, 3.63) is 33.1 Å². The zero-order valence-electron chi connectivity index (χ0n) is 9.91.